The zero-order valence-corrected chi connectivity index (χ0v) is 16.7. The number of hydrogen-bond acceptors (Lipinski definition) is 4. The molecule has 0 amide bonds. The molecule has 0 aliphatic heterocycles. The molecule has 0 saturated carbocycles. The van der Waals surface area contributed by atoms with Crippen molar-refractivity contribution in [1.29, 1.82) is 0 Å². The van der Waals surface area contributed by atoms with Gasteiger partial charge in [0.25, 0.3) is 0 Å². The largest absolute Gasteiger partial charge is 0.461 e. The zero-order chi connectivity index (χ0) is 19.6. The predicted molar refractivity (Wildman–Crippen MR) is 106 cm³/mol. The third kappa shape index (κ3) is 7.43. The van der Waals surface area contributed by atoms with E-state index in [9.17, 15) is 4.79 Å². The molecule has 0 aliphatic carbocycles. The minimum atomic E-state index is -0.687. The van der Waals surface area contributed by atoms with Crippen molar-refractivity contribution >= 4 is 5.97 Å². The number of carbonyl (C=O) groups excluding carboxylic acids is 1. The van der Waals surface area contributed by atoms with E-state index in [1.54, 1.807) is 6.92 Å². The van der Waals surface area contributed by atoms with Crippen LogP contribution < -0.4 is 4.74 Å². The van der Waals surface area contributed by atoms with E-state index in [4.69, 9.17) is 14.5 Å². The SMILES string of the molecule is CCC(CC(C)C)c1ccc(OC(C)OOC(=O)Cc2ccccc2)cc1. The smallest absolute Gasteiger partial charge is 0.346 e. The van der Waals surface area contributed by atoms with Crippen molar-refractivity contribution in [2.75, 3.05) is 0 Å². The molecule has 0 saturated heterocycles. The third-order valence-corrected chi connectivity index (χ3v) is 4.37. The maximum Gasteiger partial charge on any atom is 0.346 e. The molecule has 0 heterocycles. The summed E-state index contributed by atoms with van der Waals surface area (Å²) in [5, 5.41) is 0. The molecule has 2 rings (SSSR count). The summed E-state index contributed by atoms with van der Waals surface area (Å²) >= 11 is 0. The van der Waals surface area contributed by atoms with E-state index < -0.39 is 12.3 Å². The summed E-state index contributed by atoms with van der Waals surface area (Å²) < 4.78 is 5.66. The van der Waals surface area contributed by atoms with Gasteiger partial charge in [0.15, 0.2) is 0 Å². The Hall–Kier alpha value is -2.33. The molecule has 0 fully saturated rings. The second-order valence-corrected chi connectivity index (χ2v) is 7.20. The predicted octanol–water partition coefficient (Wildman–Crippen LogP) is 5.67. The summed E-state index contributed by atoms with van der Waals surface area (Å²) in [6.07, 6.45) is 1.77. The van der Waals surface area contributed by atoms with Crippen LogP contribution in [-0.4, -0.2) is 12.3 Å². The summed E-state index contributed by atoms with van der Waals surface area (Å²) in [4.78, 5) is 21.7. The van der Waals surface area contributed by atoms with E-state index in [0.29, 0.717) is 17.6 Å². The molecule has 0 bridgehead atoms. The first-order chi connectivity index (χ1) is 13.0. The molecule has 2 atom stereocenters. The molecule has 0 spiro atoms. The van der Waals surface area contributed by atoms with Gasteiger partial charge in [-0.05, 0) is 47.9 Å². The fourth-order valence-electron chi connectivity index (χ4n) is 3.05. The van der Waals surface area contributed by atoms with Crippen LogP contribution in [0.3, 0.4) is 0 Å². The van der Waals surface area contributed by atoms with Crippen LogP contribution in [0.15, 0.2) is 54.6 Å². The van der Waals surface area contributed by atoms with Gasteiger partial charge >= 0.3 is 5.97 Å². The normalized spacial score (nSPS) is 13.2. The van der Waals surface area contributed by atoms with Crippen molar-refractivity contribution in [2.45, 2.75) is 59.2 Å². The Morgan fingerprint density at radius 3 is 2.22 bits per heavy atom. The number of ether oxygens (including phenoxy) is 1. The van der Waals surface area contributed by atoms with E-state index in [0.717, 1.165) is 12.0 Å². The van der Waals surface area contributed by atoms with Crippen molar-refractivity contribution in [2.24, 2.45) is 5.92 Å². The van der Waals surface area contributed by atoms with Crippen molar-refractivity contribution in [3.63, 3.8) is 0 Å². The minimum Gasteiger partial charge on any atom is -0.461 e. The van der Waals surface area contributed by atoms with Crippen LogP contribution in [0.25, 0.3) is 0 Å². The fraction of sp³-hybridized carbons (Fsp3) is 0.435. The van der Waals surface area contributed by atoms with E-state index >= 15 is 0 Å². The van der Waals surface area contributed by atoms with Crippen LogP contribution in [0.5, 0.6) is 5.75 Å². The molecule has 27 heavy (non-hydrogen) atoms. The molecule has 0 radical (unpaired) electrons. The van der Waals surface area contributed by atoms with Crippen LogP contribution in [0.2, 0.25) is 0 Å². The molecule has 2 aromatic rings. The Morgan fingerprint density at radius 2 is 1.63 bits per heavy atom. The number of hydrogen-bond donors (Lipinski definition) is 0. The second-order valence-electron chi connectivity index (χ2n) is 7.20. The minimum absolute atomic E-state index is 0.163. The maximum atomic E-state index is 11.8. The Labute approximate surface area is 162 Å². The van der Waals surface area contributed by atoms with Crippen LogP contribution in [0.1, 0.15) is 57.6 Å². The Balaban J connectivity index is 1.79. The lowest BCUT2D eigenvalue weighted by atomic mass is 9.88. The number of carbonyl (C=O) groups is 1. The first kappa shape index (κ1) is 21.0. The lowest BCUT2D eigenvalue weighted by Gasteiger charge is -2.19. The Morgan fingerprint density at radius 1 is 0.963 bits per heavy atom. The Kier molecular flexibility index (Phi) is 8.34. The summed E-state index contributed by atoms with van der Waals surface area (Å²) in [6, 6.07) is 17.5. The van der Waals surface area contributed by atoms with Gasteiger partial charge in [-0.3, -0.25) is 4.89 Å². The third-order valence-electron chi connectivity index (χ3n) is 4.37. The first-order valence-corrected chi connectivity index (χ1v) is 9.64. The summed E-state index contributed by atoms with van der Waals surface area (Å²) in [6.45, 7) is 8.41. The molecular weight excluding hydrogens is 340 g/mol. The highest BCUT2D eigenvalue weighted by atomic mass is 17.2. The van der Waals surface area contributed by atoms with E-state index in [1.165, 1.54) is 12.0 Å². The highest BCUT2D eigenvalue weighted by molar-refractivity contribution is 5.71. The highest BCUT2D eigenvalue weighted by Gasteiger charge is 2.13. The second kappa shape index (κ2) is 10.7. The molecule has 4 heteroatoms. The van der Waals surface area contributed by atoms with Gasteiger partial charge < -0.3 is 4.74 Å². The van der Waals surface area contributed by atoms with Gasteiger partial charge in [0.05, 0.1) is 6.42 Å². The van der Waals surface area contributed by atoms with Crippen molar-refractivity contribution in [3.05, 3.63) is 65.7 Å². The van der Waals surface area contributed by atoms with E-state index in [2.05, 4.69) is 32.9 Å². The van der Waals surface area contributed by atoms with Crippen LogP contribution in [0.4, 0.5) is 0 Å². The summed E-state index contributed by atoms with van der Waals surface area (Å²) in [5.41, 5.74) is 2.20. The van der Waals surface area contributed by atoms with Gasteiger partial charge in [0.1, 0.15) is 5.75 Å². The first-order valence-electron chi connectivity index (χ1n) is 9.64. The monoisotopic (exact) mass is 370 g/mol. The van der Waals surface area contributed by atoms with Gasteiger partial charge in [-0.15, -0.1) is 4.89 Å². The van der Waals surface area contributed by atoms with Gasteiger partial charge in [0, 0.05) is 6.92 Å². The molecule has 0 aliphatic rings. The van der Waals surface area contributed by atoms with Crippen LogP contribution >= 0.6 is 0 Å². The highest BCUT2D eigenvalue weighted by Crippen LogP contribution is 2.28. The van der Waals surface area contributed by atoms with E-state index in [1.807, 2.05) is 42.5 Å². The topological polar surface area (TPSA) is 44.8 Å². The van der Waals surface area contributed by atoms with Crippen molar-refractivity contribution < 1.29 is 19.3 Å². The molecule has 0 aromatic heterocycles. The standard InChI is InChI=1S/C23H30O4/c1-5-20(15-17(2)3)21-11-13-22(14-12-21)25-18(4)26-27-23(24)16-19-9-7-6-8-10-19/h6-14,17-18,20H,5,15-16H2,1-4H3. The summed E-state index contributed by atoms with van der Waals surface area (Å²) in [7, 11) is 0. The average molecular weight is 370 g/mol. The maximum absolute atomic E-state index is 11.8. The van der Waals surface area contributed by atoms with Crippen molar-refractivity contribution in [3.8, 4) is 5.75 Å². The molecule has 2 unspecified atom stereocenters. The Bertz CT molecular complexity index is 679. The van der Waals surface area contributed by atoms with Crippen LogP contribution in [-0.2, 0) is 21.0 Å². The number of rotatable bonds is 10. The lowest BCUT2D eigenvalue weighted by Crippen LogP contribution is -2.20. The molecule has 4 nitrogen and oxygen atoms in total. The van der Waals surface area contributed by atoms with Gasteiger partial charge in [-0.2, -0.15) is 0 Å². The van der Waals surface area contributed by atoms with Crippen LogP contribution in [0, 0.1) is 5.92 Å². The molecule has 146 valence electrons. The zero-order valence-electron chi connectivity index (χ0n) is 16.7. The van der Waals surface area contributed by atoms with E-state index in [-0.39, 0.29) is 6.42 Å². The molecular formula is C23H30O4. The molecule has 0 N–H and O–H groups in total. The summed E-state index contributed by atoms with van der Waals surface area (Å²) in [5.74, 6) is 1.47. The quantitative estimate of drug-likeness (QED) is 0.307. The van der Waals surface area contributed by atoms with Gasteiger partial charge in [0.2, 0.25) is 6.29 Å². The van der Waals surface area contributed by atoms with Gasteiger partial charge in [-0.25, -0.2) is 4.79 Å². The van der Waals surface area contributed by atoms with Crippen molar-refractivity contribution in [1.82, 2.24) is 0 Å². The molecule has 2 aromatic carbocycles. The average Bonchev–Trinajstić information content (AvgIpc) is 2.66. The lowest BCUT2D eigenvalue weighted by molar-refractivity contribution is -0.329. The number of benzene rings is 2. The fourth-order valence-corrected chi connectivity index (χ4v) is 3.05. The van der Waals surface area contributed by atoms with Gasteiger partial charge in [-0.1, -0.05) is 63.2 Å².